The molecule has 2 atom stereocenters. The number of hydrogen-bond acceptors (Lipinski definition) is 0. The molecule has 0 rings (SSSR count). The van der Waals surface area contributed by atoms with Crippen LogP contribution in [-0.4, -0.2) is 0 Å². The molecule has 0 aromatic rings. The molecule has 0 heteroatoms. The second-order valence-corrected chi connectivity index (χ2v) is 4.73. The van der Waals surface area contributed by atoms with Crippen molar-refractivity contribution in [3.8, 4) is 0 Å². The normalized spacial score (nSPS) is 15.7. The maximum Gasteiger partial charge on any atom is -0.0440 e. The van der Waals surface area contributed by atoms with Gasteiger partial charge in [-0.3, -0.25) is 0 Å². The second kappa shape index (κ2) is 8.59. The van der Waals surface area contributed by atoms with Crippen molar-refractivity contribution in [2.45, 2.75) is 72.6 Å². The minimum atomic E-state index is 0.951. The first-order chi connectivity index (χ1) is 6.20. The number of rotatable bonds is 8. The average molecular weight is 184 g/mol. The van der Waals surface area contributed by atoms with E-state index in [0.29, 0.717) is 0 Å². The summed E-state index contributed by atoms with van der Waals surface area (Å²) in [6.07, 6.45) is 9.87. The zero-order chi connectivity index (χ0) is 10.1. The summed E-state index contributed by atoms with van der Waals surface area (Å²) in [6.45, 7) is 9.40. The van der Waals surface area contributed by atoms with E-state index >= 15 is 0 Å². The van der Waals surface area contributed by atoms with E-state index in [1.165, 1.54) is 44.9 Å². The highest BCUT2D eigenvalue weighted by Crippen LogP contribution is 2.21. The second-order valence-electron chi connectivity index (χ2n) is 4.73. The summed E-state index contributed by atoms with van der Waals surface area (Å²) in [5.74, 6) is 1.90. The topological polar surface area (TPSA) is 0 Å². The van der Waals surface area contributed by atoms with Crippen LogP contribution in [0, 0.1) is 11.8 Å². The quantitative estimate of drug-likeness (QED) is 0.496. The van der Waals surface area contributed by atoms with Gasteiger partial charge in [0, 0.05) is 0 Å². The van der Waals surface area contributed by atoms with E-state index in [1.54, 1.807) is 0 Å². The van der Waals surface area contributed by atoms with Gasteiger partial charge in [-0.1, -0.05) is 66.2 Å². The minimum absolute atomic E-state index is 0.951. The van der Waals surface area contributed by atoms with Gasteiger partial charge in [0.2, 0.25) is 0 Å². The van der Waals surface area contributed by atoms with Crippen molar-refractivity contribution in [2.24, 2.45) is 11.8 Å². The Hall–Kier alpha value is 0. The van der Waals surface area contributed by atoms with E-state index in [1.807, 2.05) is 0 Å². The molecular weight excluding hydrogens is 156 g/mol. The van der Waals surface area contributed by atoms with Crippen LogP contribution < -0.4 is 0 Å². The molecule has 0 nitrogen and oxygen atoms in total. The Morgan fingerprint density at radius 3 is 1.46 bits per heavy atom. The van der Waals surface area contributed by atoms with Crippen LogP contribution in [0.15, 0.2) is 0 Å². The zero-order valence-electron chi connectivity index (χ0n) is 10.1. The van der Waals surface area contributed by atoms with E-state index in [4.69, 9.17) is 0 Å². The lowest BCUT2D eigenvalue weighted by Gasteiger charge is -2.16. The van der Waals surface area contributed by atoms with E-state index in [9.17, 15) is 0 Å². The van der Waals surface area contributed by atoms with E-state index in [-0.39, 0.29) is 0 Å². The highest BCUT2D eigenvalue weighted by atomic mass is 14.1. The summed E-state index contributed by atoms with van der Waals surface area (Å²) in [4.78, 5) is 0. The van der Waals surface area contributed by atoms with Gasteiger partial charge in [-0.2, -0.15) is 0 Å². The molecule has 0 spiro atoms. The Kier molecular flexibility index (Phi) is 8.59. The van der Waals surface area contributed by atoms with Crippen LogP contribution in [0.3, 0.4) is 0 Å². The van der Waals surface area contributed by atoms with E-state index < -0.39 is 0 Å². The Bertz CT molecular complexity index is 84.2. The molecule has 80 valence electrons. The fourth-order valence-corrected chi connectivity index (χ4v) is 2.03. The van der Waals surface area contributed by atoms with Gasteiger partial charge >= 0.3 is 0 Å². The van der Waals surface area contributed by atoms with Gasteiger partial charge in [-0.15, -0.1) is 0 Å². The maximum absolute atomic E-state index is 2.41. The molecule has 0 heterocycles. The molecule has 0 amide bonds. The molecule has 13 heavy (non-hydrogen) atoms. The van der Waals surface area contributed by atoms with E-state index in [2.05, 4.69) is 27.7 Å². The van der Waals surface area contributed by atoms with Gasteiger partial charge in [0.05, 0.1) is 0 Å². The monoisotopic (exact) mass is 184 g/mol. The van der Waals surface area contributed by atoms with Crippen LogP contribution >= 0.6 is 0 Å². The molecule has 2 unspecified atom stereocenters. The third kappa shape index (κ3) is 8.33. The van der Waals surface area contributed by atoms with Gasteiger partial charge in [0.25, 0.3) is 0 Å². The molecule has 0 fully saturated rings. The summed E-state index contributed by atoms with van der Waals surface area (Å²) >= 11 is 0. The van der Waals surface area contributed by atoms with Crippen molar-refractivity contribution < 1.29 is 0 Å². The Labute approximate surface area is 85.1 Å². The van der Waals surface area contributed by atoms with Crippen LogP contribution in [0.1, 0.15) is 72.6 Å². The molecule has 0 saturated heterocycles. The SMILES string of the molecule is CCCCC(C)CC(C)CCCC. The summed E-state index contributed by atoms with van der Waals surface area (Å²) < 4.78 is 0. The predicted molar refractivity (Wildman–Crippen MR) is 62.0 cm³/mol. The largest absolute Gasteiger partial charge is 0.0654 e. The molecule has 0 aliphatic rings. The summed E-state index contributed by atoms with van der Waals surface area (Å²) in [6, 6.07) is 0. The first kappa shape index (κ1) is 13.0. The summed E-state index contributed by atoms with van der Waals surface area (Å²) in [5.41, 5.74) is 0. The molecule has 0 aromatic heterocycles. The van der Waals surface area contributed by atoms with Gasteiger partial charge in [-0.25, -0.2) is 0 Å². The predicted octanol–water partition coefficient (Wildman–Crippen LogP) is 5.03. The Morgan fingerprint density at radius 1 is 0.769 bits per heavy atom. The van der Waals surface area contributed by atoms with Crippen molar-refractivity contribution >= 4 is 0 Å². The van der Waals surface area contributed by atoms with Crippen LogP contribution in [-0.2, 0) is 0 Å². The van der Waals surface area contributed by atoms with Gasteiger partial charge in [-0.05, 0) is 18.3 Å². The first-order valence-electron chi connectivity index (χ1n) is 6.20. The molecule has 0 bridgehead atoms. The number of unbranched alkanes of at least 4 members (excludes halogenated alkanes) is 2. The summed E-state index contributed by atoms with van der Waals surface area (Å²) in [5, 5.41) is 0. The molecule has 0 saturated carbocycles. The lowest BCUT2D eigenvalue weighted by molar-refractivity contribution is 0.363. The third-order valence-corrected chi connectivity index (χ3v) is 2.91. The highest BCUT2D eigenvalue weighted by molar-refractivity contribution is 4.59. The Morgan fingerprint density at radius 2 is 1.15 bits per heavy atom. The van der Waals surface area contributed by atoms with Gasteiger partial charge in [0.15, 0.2) is 0 Å². The number of hydrogen-bond donors (Lipinski definition) is 0. The van der Waals surface area contributed by atoms with Crippen LogP contribution in [0.4, 0.5) is 0 Å². The first-order valence-corrected chi connectivity index (χ1v) is 6.20. The van der Waals surface area contributed by atoms with Crippen molar-refractivity contribution in [1.82, 2.24) is 0 Å². The summed E-state index contributed by atoms with van der Waals surface area (Å²) in [7, 11) is 0. The standard InChI is InChI=1S/C13H28/c1-5-7-9-12(3)11-13(4)10-8-6-2/h12-13H,5-11H2,1-4H3. The van der Waals surface area contributed by atoms with Crippen LogP contribution in [0.25, 0.3) is 0 Å². The molecule has 0 aliphatic heterocycles. The minimum Gasteiger partial charge on any atom is -0.0654 e. The van der Waals surface area contributed by atoms with Crippen molar-refractivity contribution in [3.05, 3.63) is 0 Å². The third-order valence-electron chi connectivity index (χ3n) is 2.91. The lowest BCUT2D eigenvalue weighted by atomic mass is 9.90. The van der Waals surface area contributed by atoms with Crippen LogP contribution in [0.2, 0.25) is 0 Å². The average Bonchev–Trinajstić information content (AvgIpc) is 2.11. The molecule has 0 aliphatic carbocycles. The fraction of sp³-hybridized carbons (Fsp3) is 1.00. The molecule has 0 aromatic carbocycles. The molecule has 0 N–H and O–H groups in total. The lowest BCUT2D eigenvalue weighted by Crippen LogP contribution is -2.03. The zero-order valence-corrected chi connectivity index (χ0v) is 10.1. The smallest absolute Gasteiger partial charge is 0.0440 e. The van der Waals surface area contributed by atoms with Crippen LogP contribution in [0.5, 0.6) is 0 Å². The molecule has 0 radical (unpaired) electrons. The Balaban J connectivity index is 3.35. The fourth-order valence-electron chi connectivity index (χ4n) is 2.03. The maximum atomic E-state index is 2.41. The van der Waals surface area contributed by atoms with Crippen molar-refractivity contribution in [2.75, 3.05) is 0 Å². The van der Waals surface area contributed by atoms with Gasteiger partial charge < -0.3 is 0 Å². The van der Waals surface area contributed by atoms with Crippen molar-refractivity contribution in [3.63, 3.8) is 0 Å². The van der Waals surface area contributed by atoms with E-state index in [0.717, 1.165) is 11.8 Å². The highest BCUT2D eigenvalue weighted by Gasteiger charge is 2.07. The van der Waals surface area contributed by atoms with Crippen molar-refractivity contribution in [1.29, 1.82) is 0 Å². The molecular formula is C13H28. The van der Waals surface area contributed by atoms with Gasteiger partial charge in [0.1, 0.15) is 0 Å².